The normalized spacial score (nSPS) is 39.8. The number of amides is 1. The van der Waals surface area contributed by atoms with E-state index in [0.717, 1.165) is 25.3 Å². The molecule has 5 unspecified atom stereocenters. The van der Waals surface area contributed by atoms with E-state index in [1.807, 2.05) is 0 Å². The number of hydrogen-bond acceptors (Lipinski definition) is 2. The number of carbonyl (C=O) groups is 1. The van der Waals surface area contributed by atoms with Gasteiger partial charge in [0.2, 0.25) is 5.91 Å². The van der Waals surface area contributed by atoms with Gasteiger partial charge < -0.3 is 11.1 Å². The van der Waals surface area contributed by atoms with E-state index in [1.165, 1.54) is 32.1 Å². The summed E-state index contributed by atoms with van der Waals surface area (Å²) in [6, 6.07) is 0.0708. The van der Waals surface area contributed by atoms with Crippen molar-refractivity contribution in [1.29, 1.82) is 0 Å². The van der Waals surface area contributed by atoms with Crippen molar-refractivity contribution < 1.29 is 4.79 Å². The van der Waals surface area contributed by atoms with Crippen LogP contribution in [0.1, 0.15) is 58.8 Å². The van der Waals surface area contributed by atoms with Crippen molar-refractivity contribution in [3.8, 4) is 0 Å². The summed E-state index contributed by atoms with van der Waals surface area (Å²) in [6.07, 6.45) is 8.36. The van der Waals surface area contributed by atoms with Crippen molar-refractivity contribution in [2.24, 2.45) is 29.4 Å². The monoisotopic (exact) mass is 266 g/mol. The molecule has 110 valence electrons. The molecule has 3 nitrogen and oxygen atoms in total. The minimum Gasteiger partial charge on any atom is -0.356 e. The van der Waals surface area contributed by atoms with Gasteiger partial charge in [0, 0.05) is 12.6 Å². The van der Waals surface area contributed by atoms with Gasteiger partial charge in [0.25, 0.3) is 0 Å². The number of nitrogens with one attached hydrogen (secondary N) is 1. The second-order valence-electron chi connectivity index (χ2n) is 7.07. The summed E-state index contributed by atoms with van der Waals surface area (Å²) in [5.41, 5.74) is 6.11. The van der Waals surface area contributed by atoms with E-state index in [9.17, 15) is 4.79 Å². The Hall–Kier alpha value is -0.570. The second-order valence-corrected chi connectivity index (χ2v) is 7.07. The van der Waals surface area contributed by atoms with Crippen molar-refractivity contribution in [3.63, 3.8) is 0 Å². The lowest BCUT2D eigenvalue weighted by Gasteiger charge is -2.32. The van der Waals surface area contributed by atoms with Crippen molar-refractivity contribution in [3.05, 3.63) is 0 Å². The summed E-state index contributed by atoms with van der Waals surface area (Å²) in [5, 5.41) is 3.17. The van der Waals surface area contributed by atoms with E-state index in [1.54, 1.807) is 0 Å². The number of carbonyl (C=O) groups excluding carboxylic acids is 1. The van der Waals surface area contributed by atoms with Gasteiger partial charge in [0.05, 0.1) is 5.92 Å². The van der Waals surface area contributed by atoms with Crippen LogP contribution in [0.15, 0.2) is 0 Å². The van der Waals surface area contributed by atoms with Gasteiger partial charge in [-0.2, -0.15) is 0 Å². The van der Waals surface area contributed by atoms with Gasteiger partial charge in [0.1, 0.15) is 0 Å². The predicted molar refractivity (Wildman–Crippen MR) is 78.6 cm³/mol. The maximum atomic E-state index is 12.3. The highest BCUT2D eigenvalue weighted by molar-refractivity contribution is 5.79. The fraction of sp³-hybridized carbons (Fsp3) is 0.938. The van der Waals surface area contributed by atoms with Crippen LogP contribution in [0.3, 0.4) is 0 Å². The number of hydrogen-bond donors (Lipinski definition) is 2. The maximum absolute atomic E-state index is 12.3. The molecule has 0 aromatic carbocycles. The number of nitrogens with two attached hydrogens (primary N) is 1. The molecule has 2 rings (SSSR count). The van der Waals surface area contributed by atoms with Crippen LogP contribution in [-0.4, -0.2) is 18.5 Å². The molecule has 2 fully saturated rings. The summed E-state index contributed by atoms with van der Waals surface area (Å²) < 4.78 is 0. The molecule has 2 aliphatic carbocycles. The smallest absolute Gasteiger partial charge is 0.224 e. The molecule has 1 amide bonds. The van der Waals surface area contributed by atoms with Crippen molar-refractivity contribution in [1.82, 2.24) is 5.32 Å². The molecule has 2 saturated carbocycles. The first-order valence-electron chi connectivity index (χ1n) is 8.09. The molecule has 0 heterocycles. The molecule has 0 spiro atoms. The first kappa shape index (κ1) is 14.8. The Bertz CT molecular complexity index is 305. The topological polar surface area (TPSA) is 55.1 Å². The first-order chi connectivity index (χ1) is 9.06. The molecule has 2 aliphatic rings. The highest BCUT2D eigenvalue weighted by Crippen LogP contribution is 2.30. The average Bonchev–Trinajstić information content (AvgIpc) is 2.39. The van der Waals surface area contributed by atoms with E-state index >= 15 is 0 Å². The molecule has 0 bridgehead atoms. The Morgan fingerprint density at radius 2 is 1.84 bits per heavy atom. The first-order valence-corrected chi connectivity index (χ1v) is 8.09. The highest BCUT2D eigenvalue weighted by Gasteiger charge is 2.31. The van der Waals surface area contributed by atoms with Crippen LogP contribution in [-0.2, 0) is 4.79 Å². The van der Waals surface area contributed by atoms with Crippen LogP contribution >= 0.6 is 0 Å². The zero-order valence-corrected chi connectivity index (χ0v) is 12.5. The Morgan fingerprint density at radius 1 is 1.11 bits per heavy atom. The molecule has 0 aromatic rings. The third kappa shape index (κ3) is 4.20. The van der Waals surface area contributed by atoms with Gasteiger partial charge in [-0.25, -0.2) is 0 Å². The molecular formula is C16H30N2O. The summed E-state index contributed by atoms with van der Waals surface area (Å²) in [5.74, 6) is 2.41. The van der Waals surface area contributed by atoms with Gasteiger partial charge in [-0.3, -0.25) is 4.79 Å². The van der Waals surface area contributed by atoms with Crippen LogP contribution in [0.25, 0.3) is 0 Å². The molecule has 3 heteroatoms. The van der Waals surface area contributed by atoms with E-state index in [2.05, 4.69) is 19.2 Å². The predicted octanol–water partition coefficient (Wildman–Crippen LogP) is 2.69. The lowest BCUT2D eigenvalue weighted by atomic mass is 9.78. The summed E-state index contributed by atoms with van der Waals surface area (Å²) in [4.78, 5) is 12.3. The molecule has 0 aliphatic heterocycles. The van der Waals surface area contributed by atoms with Crippen molar-refractivity contribution >= 4 is 5.91 Å². The van der Waals surface area contributed by atoms with Gasteiger partial charge in [-0.15, -0.1) is 0 Å². The Balaban J connectivity index is 1.77. The maximum Gasteiger partial charge on any atom is 0.224 e. The lowest BCUT2D eigenvalue weighted by Crippen LogP contribution is -2.46. The summed E-state index contributed by atoms with van der Waals surface area (Å²) >= 11 is 0. The lowest BCUT2D eigenvalue weighted by molar-refractivity contribution is -0.127. The van der Waals surface area contributed by atoms with Crippen LogP contribution in [0, 0.1) is 23.7 Å². The SMILES string of the molecule is CC1CCCC(CNC(=O)C2CC(C)CCC2N)C1. The highest BCUT2D eigenvalue weighted by atomic mass is 16.1. The fourth-order valence-corrected chi connectivity index (χ4v) is 3.83. The molecule has 5 atom stereocenters. The summed E-state index contributed by atoms with van der Waals surface area (Å²) in [6.45, 7) is 5.42. The summed E-state index contributed by atoms with van der Waals surface area (Å²) in [7, 11) is 0. The number of rotatable bonds is 3. The zero-order chi connectivity index (χ0) is 13.8. The van der Waals surface area contributed by atoms with E-state index in [-0.39, 0.29) is 17.9 Å². The van der Waals surface area contributed by atoms with Gasteiger partial charge >= 0.3 is 0 Å². The minimum absolute atomic E-state index is 0.0461. The van der Waals surface area contributed by atoms with E-state index in [0.29, 0.717) is 11.8 Å². The molecule has 0 saturated heterocycles. The van der Waals surface area contributed by atoms with Crippen molar-refractivity contribution in [2.45, 2.75) is 64.8 Å². The van der Waals surface area contributed by atoms with Crippen LogP contribution < -0.4 is 11.1 Å². The third-order valence-electron chi connectivity index (χ3n) is 5.11. The Morgan fingerprint density at radius 3 is 2.58 bits per heavy atom. The minimum atomic E-state index is 0.0461. The Labute approximate surface area is 117 Å². The quantitative estimate of drug-likeness (QED) is 0.825. The van der Waals surface area contributed by atoms with Crippen LogP contribution in [0.5, 0.6) is 0 Å². The van der Waals surface area contributed by atoms with Gasteiger partial charge in [-0.1, -0.05) is 26.7 Å². The fourth-order valence-electron chi connectivity index (χ4n) is 3.83. The van der Waals surface area contributed by atoms with E-state index < -0.39 is 0 Å². The second kappa shape index (κ2) is 6.74. The van der Waals surface area contributed by atoms with Crippen LogP contribution in [0.4, 0.5) is 0 Å². The molecule has 19 heavy (non-hydrogen) atoms. The zero-order valence-electron chi connectivity index (χ0n) is 12.5. The van der Waals surface area contributed by atoms with Crippen molar-refractivity contribution in [2.75, 3.05) is 6.54 Å². The molecular weight excluding hydrogens is 236 g/mol. The van der Waals surface area contributed by atoms with Crippen LogP contribution in [0.2, 0.25) is 0 Å². The largest absolute Gasteiger partial charge is 0.356 e. The third-order valence-corrected chi connectivity index (χ3v) is 5.11. The van der Waals surface area contributed by atoms with Gasteiger partial charge in [-0.05, 0) is 49.9 Å². The molecule has 3 N–H and O–H groups in total. The Kier molecular flexibility index (Phi) is 5.26. The molecule has 0 radical (unpaired) electrons. The van der Waals surface area contributed by atoms with E-state index in [4.69, 9.17) is 5.73 Å². The van der Waals surface area contributed by atoms with Gasteiger partial charge in [0.15, 0.2) is 0 Å². The standard InChI is InChI=1S/C16H30N2O/c1-11-4-3-5-13(8-11)10-18-16(19)14-9-12(2)6-7-15(14)17/h11-15H,3-10,17H2,1-2H3,(H,18,19). The average molecular weight is 266 g/mol. The molecule has 0 aromatic heterocycles.